The summed E-state index contributed by atoms with van der Waals surface area (Å²) < 4.78 is 19.9. The first kappa shape index (κ1) is 20.5. The van der Waals surface area contributed by atoms with Crippen molar-refractivity contribution in [3.8, 4) is 5.75 Å². The zero-order valence-electron chi connectivity index (χ0n) is 17.2. The Morgan fingerprint density at radius 3 is 2.61 bits per heavy atom. The molecule has 10 nitrogen and oxygen atoms in total. The molecule has 0 radical (unpaired) electrons. The number of carbonyl (C=O) groups excluding carboxylic acids is 1. The Morgan fingerprint density at radius 2 is 1.97 bits per heavy atom. The third-order valence-electron chi connectivity index (χ3n) is 5.24. The van der Waals surface area contributed by atoms with Gasteiger partial charge in [0.1, 0.15) is 11.6 Å². The number of nitrogens with one attached hydrogen (secondary N) is 1. The summed E-state index contributed by atoms with van der Waals surface area (Å²) in [7, 11) is 0. The van der Waals surface area contributed by atoms with Crippen LogP contribution in [0.15, 0.2) is 33.5 Å². The van der Waals surface area contributed by atoms with Crippen LogP contribution in [0.25, 0.3) is 0 Å². The van der Waals surface area contributed by atoms with E-state index in [1.54, 1.807) is 25.7 Å². The van der Waals surface area contributed by atoms with E-state index in [-0.39, 0.29) is 36.4 Å². The van der Waals surface area contributed by atoms with E-state index in [4.69, 9.17) is 4.42 Å². The van der Waals surface area contributed by atoms with Crippen LogP contribution in [0.1, 0.15) is 41.6 Å². The largest absolute Gasteiger partial charge is 0.501 e. The van der Waals surface area contributed by atoms with Crippen LogP contribution in [0, 0.1) is 12.7 Å². The maximum atomic E-state index is 13.1. The van der Waals surface area contributed by atoms with Gasteiger partial charge in [0.15, 0.2) is 5.69 Å². The molecule has 162 valence electrons. The van der Waals surface area contributed by atoms with Crippen LogP contribution >= 0.6 is 0 Å². The zero-order valence-corrected chi connectivity index (χ0v) is 17.2. The van der Waals surface area contributed by atoms with E-state index < -0.39 is 22.8 Å². The molecule has 31 heavy (non-hydrogen) atoms. The number of benzene rings is 1. The Kier molecular flexibility index (Phi) is 4.96. The molecule has 3 aromatic rings. The first-order valence-corrected chi connectivity index (χ1v) is 9.63. The number of aromatic nitrogens is 4. The molecule has 0 spiro atoms. The molecule has 1 aliphatic heterocycles. The number of aryl methyl sites for hydroxylation is 1. The molecule has 1 amide bonds. The van der Waals surface area contributed by atoms with E-state index in [2.05, 4.69) is 20.5 Å². The molecule has 2 aromatic heterocycles. The molecule has 4 rings (SSSR count). The molecule has 11 heteroatoms. The Labute approximate surface area is 176 Å². The molecule has 0 saturated carbocycles. The lowest BCUT2D eigenvalue weighted by molar-refractivity contribution is 0.0941. The number of rotatable bonds is 4. The molecular weight excluding hydrogens is 407 g/mol. The normalized spacial score (nSPS) is 14.9. The maximum absolute atomic E-state index is 13.1. The summed E-state index contributed by atoms with van der Waals surface area (Å²) in [6.07, 6.45) is 0. The van der Waals surface area contributed by atoms with Gasteiger partial charge in [-0.05, 0) is 31.5 Å². The van der Waals surface area contributed by atoms with Crippen molar-refractivity contribution >= 4 is 11.9 Å². The Balaban J connectivity index is 1.67. The molecular formula is C20H21FN6O4. The minimum Gasteiger partial charge on any atom is -0.501 e. The van der Waals surface area contributed by atoms with Crippen LogP contribution in [-0.2, 0) is 18.6 Å². The van der Waals surface area contributed by atoms with Crippen LogP contribution in [0.3, 0.4) is 0 Å². The van der Waals surface area contributed by atoms with Crippen molar-refractivity contribution in [1.82, 2.24) is 25.1 Å². The summed E-state index contributed by atoms with van der Waals surface area (Å²) in [6, 6.07) is 5.88. The standard InChI is InChI=1S/C20H21FN6O4/c1-11-24-25-19(31-11)27-9-8-26-17(30)15(28)14(23-18(26)20(27,2)3)16(29)22-10-12-4-6-13(21)7-5-12/h4-7,28H,8-10H2,1-3H3,(H,22,29). The fraction of sp³-hybridized carbons (Fsp3) is 0.350. The van der Waals surface area contributed by atoms with Gasteiger partial charge >= 0.3 is 6.01 Å². The maximum Gasteiger partial charge on any atom is 0.319 e. The number of nitrogens with zero attached hydrogens (tertiary/aromatic N) is 5. The van der Waals surface area contributed by atoms with Gasteiger partial charge in [0.25, 0.3) is 11.5 Å². The summed E-state index contributed by atoms with van der Waals surface area (Å²) in [6.45, 7) is 5.96. The number of fused-ring (bicyclic) bond motifs is 1. The zero-order chi connectivity index (χ0) is 22.3. The molecule has 2 N–H and O–H groups in total. The van der Waals surface area contributed by atoms with Crippen molar-refractivity contribution in [3.63, 3.8) is 0 Å². The van der Waals surface area contributed by atoms with Gasteiger partial charge in [-0.2, -0.15) is 0 Å². The number of halogens is 1. The highest BCUT2D eigenvalue weighted by Crippen LogP contribution is 2.34. The van der Waals surface area contributed by atoms with E-state index in [1.165, 1.54) is 28.8 Å². The molecule has 0 bridgehead atoms. The predicted octanol–water partition coefficient (Wildman–Crippen LogP) is 1.46. The van der Waals surface area contributed by atoms with Crippen molar-refractivity contribution in [1.29, 1.82) is 0 Å². The van der Waals surface area contributed by atoms with Gasteiger partial charge < -0.3 is 19.7 Å². The summed E-state index contributed by atoms with van der Waals surface area (Å²) in [5.74, 6) is -1.15. The van der Waals surface area contributed by atoms with Gasteiger partial charge in [0.05, 0.1) is 5.54 Å². The highest BCUT2D eigenvalue weighted by molar-refractivity contribution is 5.94. The molecule has 0 fully saturated rings. The van der Waals surface area contributed by atoms with Crippen molar-refractivity contribution in [2.75, 3.05) is 11.4 Å². The van der Waals surface area contributed by atoms with Crippen LogP contribution in [-0.4, -0.2) is 37.3 Å². The average Bonchev–Trinajstić information content (AvgIpc) is 3.15. The van der Waals surface area contributed by atoms with Crippen LogP contribution in [0.2, 0.25) is 0 Å². The van der Waals surface area contributed by atoms with Crippen molar-refractivity contribution in [2.24, 2.45) is 0 Å². The third kappa shape index (κ3) is 3.62. The number of amides is 1. The van der Waals surface area contributed by atoms with E-state index in [0.717, 1.165) is 0 Å². The number of hydrogen-bond acceptors (Lipinski definition) is 8. The Bertz CT molecular complexity index is 1200. The number of aromatic hydroxyl groups is 1. The third-order valence-corrected chi connectivity index (χ3v) is 5.24. The number of hydrogen-bond donors (Lipinski definition) is 2. The molecule has 0 aliphatic carbocycles. The predicted molar refractivity (Wildman–Crippen MR) is 107 cm³/mol. The number of carbonyl (C=O) groups is 1. The van der Waals surface area contributed by atoms with Crippen molar-refractivity contribution < 1.29 is 18.7 Å². The number of anilines is 1. The van der Waals surface area contributed by atoms with Gasteiger partial charge in [-0.3, -0.25) is 14.2 Å². The minimum atomic E-state index is -0.879. The summed E-state index contributed by atoms with van der Waals surface area (Å²) >= 11 is 0. The van der Waals surface area contributed by atoms with Crippen molar-refractivity contribution in [3.05, 3.63) is 63.4 Å². The topological polar surface area (TPSA) is 126 Å². The summed E-state index contributed by atoms with van der Waals surface area (Å²) in [5, 5.41) is 20.8. The van der Waals surface area contributed by atoms with E-state index in [0.29, 0.717) is 18.0 Å². The minimum absolute atomic E-state index is 0.0788. The molecule has 0 unspecified atom stereocenters. The van der Waals surface area contributed by atoms with E-state index >= 15 is 0 Å². The second-order valence-corrected chi connectivity index (χ2v) is 7.71. The first-order valence-electron chi connectivity index (χ1n) is 9.63. The Morgan fingerprint density at radius 1 is 1.26 bits per heavy atom. The Hall–Kier alpha value is -3.76. The second kappa shape index (κ2) is 7.49. The second-order valence-electron chi connectivity index (χ2n) is 7.71. The van der Waals surface area contributed by atoms with Crippen LogP contribution < -0.4 is 15.8 Å². The lowest BCUT2D eigenvalue weighted by Crippen LogP contribution is -2.53. The monoisotopic (exact) mass is 428 g/mol. The van der Waals surface area contributed by atoms with Gasteiger partial charge in [0.2, 0.25) is 11.6 Å². The quantitative estimate of drug-likeness (QED) is 0.640. The highest BCUT2D eigenvalue weighted by atomic mass is 19.1. The average molecular weight is 428 g/mol. The van der Waals surface area contributed by atoms with Gasteiger partial charge in [-0.25, -0.2) is 9.37 Å². The van der Waals surface area contributed by atoms with E-state index in [1.807, 2.05) is 0 Å². The fourth-order valence-electron chi connectivity index (χ4n) is 3.58. The van der Waals surface area contributed by atoms with Gasteiger partial charge in [-0.1, -0.05) is 17.2 Å². The van der Waals surface area contributed by atoms with Gasteiger partial charge in [0, 0.05) is 26.6 Å². The van der Waals surface area contributed by atoms with Gasteiger partial charge in [-0.15, -0.1) is 5.10 Å². The smallest absolute Gasteiger partial charge is 0.319 e. The SMILES string of the molecule is Cc1nnc(N2CCn3c(nc(C(=O)NCc4ccc(F)cc4)c(O)c3=O)C2(C)C)o1. The van der Waals surface area contributed by atoms with E-state index in [9.17, 15) is 19.1 Å². The summed E-state index contributed by atoms with van der Waals surface area (Å²) in [5.41, 5.74) is -1.31. The molecule has 0 atom stereocenters. The molecule has 1 aliphatic rings. The van der Waals surface area contributed by atoms with Crippen LogP contribution in [0.5, 0.6) is 5.75 Å². The molecule has 3 heterocycles. The lowest BCUT2D eigenvalue weighted by Gasteiger charge is -2.41. The lowest BCUT2D eigenvalue weighted by atomic mass is 9.98. The molecule has 0 saturated heterocycles. The fourth-order valence-corrected chi connectivity index (χ4v) is 3.58. The first-order chi connectivity index (χ1) is 14.7. The van der Waals surface area contributed by atoms with Crippen LogP contribution in [0.4, 0.5) is 10.4 Å². The molecule has 1 aromatic carbocycles. The highest BCUT2D eigenvalue weighted by Gasteiger charge is 2.41. The summed E-state index contributed by atoms with van der Waals surface area (Å²) in [4.78, 5) is 31.6. The van der Waals surface area contributed by atoms with Crippen molar-refractivity contribution in [2.45, 2.75) is 39.4 Å².